The number of carbonyl (C=O) groups is 8. The number of allylic oxidation sites excluding steroid dienone is 4. The van der Waals surface area contributed by atoms with Crippen molar-refractivity contribution < 1.29 is 79.2 Å². The fourth-order valence-corrected chi connectivity index (χ4v) is 9.46. The molecule has 0 aromatic heterocycles. The Morgan fingerprint density at radius 3 is 0.479 bits per heavy atom. The van der Waals surface area contributed by atoms with Gasteiger partial charge in [-0.15, -0.1) is 12.4 Å². The molecular weight excluding hydrogens is 964 g/mol. The first kappa shape index (κ1) is 68.0. The van der Waals surface area contributed by atoms with E-state index in [-0.39, 0.29) is 38.1 Å². The molecule has 0 aromatic carbocycles. The van der Waals surface area contributed by atoms with Crippen molar-refractivity contribution in [1.29, 1.82) is 0 Å². The lowest BCUT2D eigenvalue weighted by molar-refractivity contribution is -0.163. The van der Waals surface area contributed by atoms with Gasteiger partial charge < -0.3 is 40.9 Å². The minimum absolute atomic E-state index is 0. The maximum atomic E-state index is 11.3. The molecule has 73 heavy (non-hydrogen) atoms. The molecule has 0 unspecified atom stereocenters. The van der Waals surface area contributed by atoms with E-state index < -0.39 is 69.4 Å². The molecule has 8 N–H and O–H groups in total. The number of halogens is 1. The highest BCUT2D eigenvalue weighted by molar-refractivity contribution is 6.02. The lowest BCUT2D eigenvalue weighted by Crippen LogP contribution is -2.37. The standard InChI is InChI=1S/4C14H22O4.ClH/c4*15-12(16)14(13(17)18)10-8-6-4-2-1-3-5-7-9-11-14;/h4*8,10H,1-7,9,11H2,(H,15,16)(H,17,18);1H. The summed E-state index contributed by atoms with van der Waals surface area (Å²) in [6, 6.07) is 0. The zero-order valence-corrected chi connectivity index (χ0v) is 44.1. The fourth-order valence-electron chi connectivity index (χ4n) is 9.46. The van der Waals surface area contributed by atoms with E-state index in [9.17, 15) is 79.2 Å². The van der Waals surface area contributed by atoms with Crippen LogP contribution in [0.3, 0.4) is 0 Å². The molecule has 0 spiro atoms. The fraction of sp³-hybridized carbons (Fsp3) is 0.714. The summed E-state index contributed by atoms with van der Waals surface area (Å²) in [5, 5.41) is 73.9. The second-order valence-electron chi connectivity index (χ2n) is 20.0. The zero-order valence-electron chi connectivity index (χ0n) is 43.3. The molecule has 0 heterocycles. The van der Waals surface area contributed by atoms with Crippen LogP contribution in [-0.2, 0) is 38.4 Å². The third kappa shape index (κ3) is 24.7. The van der Waals surface area contributed by atoms with E-state index in [4.69, 9.17) is 0 Å². The second kappa shape index (κ2) is 38.6. The van der Waals surface area contributed by atoms with Gasteiger partial charge in [-0.1, -0.05) is 203 Å². The summed E-state index contributed by atoms with van der Waals surface area (Å²) < 4.78 is 0. The van der Waals surface area contributed by atoms with Crippen LogP contribution in [-0.4, -0.2) is 88.6 Å². The summed E-state index contributed by atoms with van der Waals surface area (Å²) in [5.41, 5.74) is -6.89. The van der Waals surface area contributed by atoms with E-state index in [1.54, 1.807) is 24.3 Å². The molecule has 0 atom stereocenters. The van der Waals surface area contributed by atoms with Gasteiger partial charge in [0.1, 0.15) is 0 Å². The first-order chi connectivity index (χ1) is 34.4. The summed E-state index contributed by atoms with van der Waals surface area (Å²) >= 11 is 0. The Bertz CT molecular complexity index is 1490. The topological polar surface area (TPSA) is 298 Å². The predicted molar refractivity (Wildman–Crippen MR) is 281 cm³/mol. The molecule has 16 nitrogen and oxygen atoms in total. The third-order valence-electron chi connectivity index (χ3n) is 14.4. The number of hydrogen-bond donors (Lipinski definition) is 8. The van der Waals surface area contributed by atoms with Crippen molar-refractivity contribution in [2.24, 2.45) is 21.7 Å². The maximum absolute atomic E-state index is 11.3. The highest BCUT2D eigenvalue weighted by Crippen LogP contribution is 2.33. The Labute approximate surface area is 439 Å². The Morgan fingerprint density at radius 1 is 0.219 bits per heavy atom. The van der Waals surface area contributed by atoms with Crippen LogP contribution in [0, 0.1) is 21.7 Å². The average Bonchev–Trinajstić information content (AvgIpc) is 3.30. The van der Waals surface area contributed by atoms with Gasteiger partial charge >= 0.3 is 47.8 Å². The van der Waals surface area contributed by atoms with Crippen LogP contribution < -0.4 is 0 Å². The number of hydrogen-bond acceptors (Lipinski definition) is 8. The van der Waals surface area contributed by atoms with Gasteiger partial charge in [-0.2, -0.15) is 0 Å². The average molecular weight is 1050 g/mol. The van der Waals surface area contributed by atoms with Gasteiger partial charge in [0.2, 0.25) is 0 Å². The van der Waals surface area contributed by atoms with Crippen molar-refractivity contribution >= 4 is 60.2 Å². The maximum Gasteiger partial charge on any atom is 0.324 e. The normalized spacial score (nSPS) is 21.3. The van der Waals surface area contributed by atoms with Crippen LogP contribution in [0.5, 0.6) is 0 Å². The van der Waals surface area contributed by atoms with Crippen LogP contribution in [0.15, 0.2) is 48.6 Å². The minimum atomic E-state index is -1.72. The Balaban J connectivity index is 0.000000943. The molecule has 0 radical (unpaired) electrons. The summed E-state index contributed by atoms with van der Waals surface area (Å²) in [6.07, 6.45) is 44.9. The summed E-state index contributed by atoms with van der Waals surface area (Å²) in [4.78, 5) is 90.4. The van der Waals surface area contributed by atoms with Crippen LogP contribution in [0.1, 0.15) is 231 Å². The minimum Gasteiger partial charge on any atom is -0.480 e. The smallest absolute Gasteiger partial charge is 0.324 e. The van der Waals surface area contributed by atoms with Gasteiger partial charge in [-0.3, -0.25) is 38.4 Å². The first-order valence-electron chi connectivity index (χ1n) is 27.0. The largest absolute Gasteiger partial charge is 0.480 e. The molecule has 0 aliphatic heterocycles. The Morgan fingerprint density at radius 2 is 0.342 bits per heavy atom. The zero-order chi connectivity index (χ0) is 53.7. The van der Waals surface area contributed by atoms with E-state index >= 15 is 0 Å². The highest BCUT2D eigenvalue weighted by Gasteiger charge is 2.46. The molecule has 4 aliphatic carbocycles. The Kier molecular flexibility index (Phi) is 35.9. The SMILES string of the molecule is Cl.O=C(O)C1(C(=O)O)C=CCCCCCCCCC1.O=C(O)C1(C(=O)O)C=CCCCCCCCCC1.O=C(O)C1(C(=O)O)C=CCCCCCCCCC1.O=C(O)C1(C(=O)O)C=CCCCCCCCCC1. The predicted octanol–water partition coefficient (Wildman–Crippen LogP) is 13.3. The summed E-state index contributed by atoms with van der Waals surface area (Å²) in [5.74, 6) is -9.98. The number of aliphatic carboxylic acids is 8. The van der Waals surface area contributed by atoms with E-state index in [1.807, 2.05) is 0 Å². The molecular formula is C56H89ClO16. The molecule has 4 aliphatic rings. The monoisotopic (exact) mass is 1050 g/mol. The number of carboxylic acids is 8. The molecule has 0 aromatic rings. The molecule has 4 rings (SSSR count). The van der Waals surface area contributed by atoms with Crippen LogP contribution in [0.25, 0.3) is 0 Å². The molecule has 416 valence electrons. The first-order valence-corrected chi connectivity index (χ1v) is 27.0. The van der Waals surface area contributed by atoms with Gasteiger partial charge in [-0.25, -0.2) is 0 Å². The van der Waals surface area contributed by atoms with Crippen molar-refractivity contribution in [3.63, 3.8) is 0 Å². The van der Waals surface area contributed by atoms with E-state index in [1.165, 1.54) is 50.0 Å². The van der Waals surface area contributed by atoms with Crippen molar-refractivity contribution in [1.82, 2.24) is 0 Å². The van der Waals surface area contributed by atoms with Gasteiger partial charge in [0.15, 0.2) is 21.7 Å². The quantitative estimate of drug-likeness (QED) is 0.0828. The second-order valence-corrected chi connectivity index (χ2v) is 20.0. The highest BCUT2D eigenvalue weighted by atomic mass is 35.5. The lowest BCUT2D eigenvalue weighted by atomic mass is 9.81. The molecule has 0 saturated heterocycles. The van der Waals surface area contributed by atoms with E-state index in [2.05, 4.69) is 0 Å². The summed E-state index contributed by atoms with van der Waals surface area (Å²) in [6.45, 7) is 0. The van der Waals surface area contributed by atoms with Gasteiger partial charge in [-0.05, 0) is 77.0 Å². The summed E-state index contributed by atoms with van der Waals surface area (Å²) in [7, 11) is 0. The van der Waals surface area contributed by atoms with Crippen LogP contribution in [0.4, 0.5) is 0 Å². The molecule has 0 fully saturated rings. The molecule has 0 amide bonds. The van der Waals surface area contributed by atoms with Crippen molar-refractivity contribution in [3.8, 4) is 0 Å². The third-order valence-corrected chi connectivity index (χ3v) is 14.4. The van der Waals surface area contributed by atoms with Crippen LogP contribution in [0.2, 0.25) is 0 Å². The molecule has 0 saturated carbocycles. The molecule has 0 bridgehead atoms. The van der Waals surface area contributed by atoms with Gasteiger partial charge in [0.05, 0.1) is 0 Å². The number of carboxylic acid groups (broad SMARTS) is 8. The number of rotatable bonds is 8. The van der Waals surface area contributed by atoms with Crippen molar-refractivity contribution in [2.75, 3.05) is 0 Å². The lowest BCUT2D eigenvalue weighted by Gasteiger charge is -2.21. The molecule has 17 heteroatoms. The van der Waals surface area contributed by atoms with E-state index in [0.717, 1.165) is 154 Å². The van der Waals surface area contributed by atoms with Gasteiger partial charge in [0.25, 0.3) is 0 Å². The van der Waals surface area contributed by atoms with E-state index in [0.29, 0.717) is 25.7 Å². The van der Waals surface area contributed by atoms with Crippen molar-refractivity contribution in [3.05, 3.63) is 48.6 Å². The van der Waals surface area contributed by atoms with Gasteiger partial charge in [0, 0.05) is 0 Å². The van der Waals surface area contributed by atoms with Crippen molar-refractivity contribution in [2.45, 2.75) is 231 Å². The van der Waals surface area contributed by atoms with Crippen LogP contribution >= 0.6 is 12.4 Å². The Hall–Kier alpha value is -4.99.